The summed E-state index contributed by atoms with van der Waals surface area (Å²) in [5.41, 5.74) is 3.04. The second-order valence-electron chi connectivity index (χ2n) is 4.10. The summed E-state index contributed by atoms with van der Waals surface area (Å²) in [6.45, 7) is 4.06. The first-order chi connectivity index (χ1) is 8.60. The molecule has 1 N–H and O–H groups in total. The number of amides is 1. The van der Waals surface area contributed by atoms with E-state index in [4.69, 9.17) is 0 Å². The molecule has 18 heavy (non-hydrogen) atoms. The van der Waals surface area contributed by atoms with Gasteiger partial charge in [-0.1, -0.05) is 22.9 Å². The Morgan fingerprint density at radius 3 is 2.83 bits per heavy atom. The highest BCUT2D eigenvalue weighted by atomic mass is 79.9. The molecule has 1 aromatic carbocycles. The van der Waals surface area contributed by atoms with Crippen molar-refractivity contribution < 1.29 is 4.79 Å². The molecular weight excluding hydrogens is 310 g/mol. The number of hydrogen-bond donors (Lipinski definition) is 1. The maximum Gasteiger partial charge on any atom is 0.266 e. The zero-order chi connectivity index (χ0) is 13.1. The molecule has 0 radical (unpaired) electrons. The van der Waals surface area contributed by atoms with E-state index in [1.807, 2.05) is 36.6 Å². The van der Waals surface area contributed by atoms with Crippen LogP contribution in [0.4, 0.5) is 5.69 Å². The lowest BCUT2D eigenvalue weighted by Crippen LogP contribution is -2.12. The Morgan fingerprint density at radius 2 is 2.17 bits per heavy atom. The van der Waals surface area contributed by atoms with E-state index in [9.17, 15) is 4.79 Å². The first-order valence-corrected chi connectivity index (χ1v) is 7.42. The summed E-state index contributed by atoms with van der Waals surface area (Å²) in [6.07, 6.45) is 0.879. The smallest absolute Gasteiger partial charge is 0.266 e. The zero-order valence-corrected chi connectivity index (χ0v) is 12.7. The Morgan fingerprint density at radius 1 is 1.39 bits per heavy atom. The maximum absolute atomic E-state index is 12.2. The van der Waals surface area contributed by atoms with Gasteiger partial charge in [0.15, 0.2) is 0 Å². The van der Waals surface area contributed by atoms with Crippen molar-refractivity contribution in [2.45, 2.75) is 20.3 Å². The molecule has 1 aromatic heterocycles. The van der Waals surface area contributed by atoms with Gasteiger partial charge in [0.05, 0.1) is 4.88 Å². The van der Waals surface area contributed by atoms with Gasteiger partial charge in [0.2, 0.25) is 0 Å². The minimum Gasteiger partial charge on any atom is -0.321 e. The Labute approximate surface area is 119 Å². The van der Waals surface area contributed by atoms with Crippen molar-refractivity contribution in [2.24, 2.45) is 0 Å². The molecule has 0 saturated carbocycles. The van der Waals surface area contributed by atoms with Crippen LogP contribution in [0.3, 0.4) is 0 Å². The highest BCUT2D eigenvalue weighted by Gasteiger charge is 2.12. The van der Waals surface area contributed by atoms with Crippen LogP contribution in [0.5, 0.6) is 0 Å². The van der Waals surface area contributed by atoms with Gasteiger partial charge in [-0.3, -0.25) is 4.79 Å². The fourth-order valence-corrected chi connectivity index (χ4v) is 3.31. The molecule has 2 rings (SSSR count). The molecule has 0 aliphatic carbocycles. The fraction of sp³-hybridized carbons (Fsp3) is 0.214. The lowest BCUT2D eigenvalue weighted by atomic mass is 10.2. The molecule has 0 aliphatic rings. The van der Waals surface area contributed by atoms with Gasteiger partial charge in [-0.15, -0.1) is 11.3 Å². The summed E-state index contributed by atoms with van der Waals surface area (Å²) >= 11 is 4.92. The third kappa shape index (κ3) is 3.00. The van der Waals surface area contributed by atoms with E-state index in [2.05, 4.69) is 28.2 Å². The summed E-state index contributed by atoms with van der Waals surface area (Å²) in [5, 5.41) is 4.90. The van der Waals surface area contributed by atoms with Gasteiger partial charge >= 0.3 is 0 Å². The first-order valence-electron chi connectivity index (χ1n) is 5.75. The van der Waals surface area contributed by atoms with Crippen LogP contribution in [0.25, 0.3) is 0 Å². The van der Waals surface area contributed by atoms with E-state index in [-0.39, 0.29) is 5.91 Å². The van der Waals surface area contributed by atoms with Crippen molar-refractivity contribution in [1.82, 2.24) is 0 Å². The van der Waals surface area contributed by atoms with Crippen LogP contribution in [0.2, 0.25) is 0 Å². The van der Waals surface area contributed by atoms with E-state index in [0.717, 1.165) is 32.6 Å². The number of aryl methyl sites for hydroxylation is 2. The van der Waals surface area contributed by atoms with Crippen molar-refractivity contribution in [3.63, 3.8) is 0 Å². The number of benzene rings is 1. The number of carbonyl (C=O) groups is 1. The Balaban J connectivity index is 2.21. The minimum absolute atomic E-state index is 0.0284. The number of halogens is 1. The van der Waals surface area contributed by atoms with E-state index >= 15 is 0 Å². The Hall–Kier alpha value is -1.13. The van der Waals surface area contributed by atoms with Crippen LogP contribution in [0.1, 0.15) is 27.7 Å². The number of nitrogens with one attached hydrogen (secondary N) is 1. The molecule has 4 heteroatoms. The molecule has 0 saturated heterocycles. The minimum atomic E-state index is -0.0284. The molecule has 2 nitrogen and oxygen atoms in total. The summed E-state index contributed by atoms with van der Waals surface area (Å²) in [5.74, 6) is -0.0284. The summed E-state index contributed by atoms with van der Waals surface area (Å²) in [7, 11) is 0. The Kier molecular flexibility index (Phi) is 4.19. The number of hydrogen-bond acceptors (Lipinski definition) is 2. The quantitative estimate of drug-likeness (QED) is 0.876. The lowest BCUT2D eigenvalue weighted by Gasteiger charge is -2.07. The third-order valence-corrected chi connectivity index (χ3v) is 4.05. The van der Waals surface area contributed by atoms with E-state index in [1.54, 1.807) is 0 Å². The largest absolute Gasteiger partial charge is 0.321 e. The van der Waals surface area contributed by atoms with Gasteiger partial charge in [-0.05, 0) is 54.1 Å². The van der Waals surface area contributed by atoms with Crippen molar-refractivity contribution in [3.05, 3.63) is 50.1 Å². The maximum atomic E-state index is 12.2. The summed E-state index contributed by atoms with van der Waals surface area (Å²) < 4.78 is 0.972. The predicted octanol–water partition coefficient (Wildman–Crippen LogP) is 4.63. The number of thiophene rings is 1. The molecule has 94 valence electrons. The summed E-state index contributed by atoms with van der Waals surface area (Å²) in [6, 6.07) is 7.88. The molecule has 0 spiro atoms. The fourth-order valence-electron chi connectivity index (χ4n) is 1.81. The second kappa shape index (κ2) is 5.67. The molecule has 1 heterocycles. The van der Waals surface area contributed by atoms with Crippen LogP contribution in [-0.4, -0.2) is 5.91 Å². The number of anilines is 1. The van der Waals surface area contributed by atoms with Crippen LogP contribution in [-0.2, 0) is 6.42 Å². The zero-order valence-electron chi connectivity index (χ0n) is 10.3. The molecule has 0 bridgehead atoms. The lowest BCUT2D eigenvalue weighted by molar-refractivity contribution is 0.103. The van der Waals surface area contributed by atoms with E-state index in [1.165, 1.54) is 11.3 Å². The van der Waals surface area contributed by atoms with Crippen molar-refractivity contribution in [2.75, 3.05) is 5.32 Å². The monoisotopic (exact) mass is 323 g/mol. The van der Waals surface area contributed by atoms with Gasteiger partial charge in [-0.2, -0.15) is 0 Å². The van der Waals surface area contributed by atoms with Crippen molar-refractivity contribution >= 4 is 38.9 Å². The van der Waals surface area contributed by atoms with Gasteiger partial charge in [0.1, 0.15) is 0 Å². The second-order valence-corrected chi connectivity index (χ2v) is 5.93. The van der Waals surface area contributed by atoms with Crippen LogP contribution in [0, 0.1) is 6.92 Å². The standard InChI is InChI=1S/C14H14BrNOS/c1-3-10-4-5-18-13(10)14(17)16-12-7-9(2)6-11(15)8-12/h4-8H,3H2,1-2H3,(H,16,17). The molecule has 0 unspecified atom stereocenters. The highest BCUT2D eigenvalue weighted by Crippen LogP contribution is 2.22. The average Bonchev–Trinajstić information content (AvgIpc) is 2.75. The van der Waals surface area contributed by atoms with Gasteiger partial charge in [-0.25, -0.2) is 0 Å². The predicted molar refractivity (Wildman–Crippen MR) is 80.5 cm³/mol. The first kappa shape index (κ1) is 13.3. The number of rotatable bonds is 3. The summed E-state index contributed by atoms with van der Waals surface area (Å²) in [4.78, 5) is 13.0. The third-order valence-electron chi connectivity index (χ3n) is 2.63. The highest BCUT2D eigenvalue weighted by molar-refractivity contribution is 9.10. The SMILES string of the molecule is CCc1ccsc1C(=O)Nc1cc(C)cc(Br)c1. The van der Waals surface area contributed by atoms with Gasteiger partial charge in [0, 0.05) is 10.2 Å². The topological polar surface area (TPSA) is 29.1 Å². The van der Waals surface area contributed by atoms with Crippen LogP contribution >= 0.6 is 27.3 Å². The molecule has 0 aliphatic heterocycles. The molecule has 2 aromatic rings. The van der Waals surface area contributed by atoms with Crippen LogP contribution < -0.4 is 5.32 Å². The average molecular weight is 324 g/mol. The van der Waals surface area contributed by atoms with Gasteiger partial charge < -0.3 is 5.32 Å². The number of carbonyl (C=O) groups excluding carboxylic acids is 1. The molecule has 0 atom stereocenters. The Bertz CT molecular complexity index is 557. The molecular formula is C14H14BrNOS. The van der Waals surface area contributed by atoms with Gasteiger partial charge in [0.25, 0.3) is 5.91 Å². The molecule has 0 fully saturated rings. The van der Waals surface area contributed by atoms with E-state index < -0.39 is 0 Å². The molecule has 1 amide bonds. The van der Waals surface area contributed by atoms with Crippen molar-refractivity contribution in [3.8, 4) is 0 Å². The van der Waals surface area contributed by atoms with Crippen molar-refractivity contribution in [1.29, 1.82) is 0 Å². The normalized spacial score (nSPS) is 10.4. The van der Waals surface area contributed by atoms with Crippen LogP contribution in [0.15, 0.2) is 34.1 Å². The van der Waals surface area contributed by atoms with E-state index in [0.29, 0.717) is 0 Å².